The van der Waals surface area contributed by atoms with Crippen molar-refractivity contribution in [1.82, 2.24) is 5.32 Å². The van der Waals surface area contributed by atoms with E-state index in [0.717, 1.165) is 20.9 Å². The molecule has 0 saturated heterocycles. The fourth-order valence-corrected chi connectivity index (χ4v) is 3.03. The zero-order chi connectivity index (χ0) is 22.2. The molecule has 0 fully saturated rings. The van der Waals surface area contributed by atoms with Crippen LogP contribution in [0.25, 0.3) is 10.6 Å². The minimum atomic E-state index is -2.01. The minimum absolute atomic E-state index is 0.127. The highest BCUT2D eigenvalue weighted by Crippen LogP contribution is 2.34. The first-order valence-corrected chi connectivity index (χ1v) is 9.87. The summed E-state index contributed by atoms with van der Waals surface area (Å²) in [5.41, 5.74) is 8.43. The molecule has 1 aromatic carbocycles. The number of hydrogen-bond donors (Lipinski definition) is 3. The van der Waals surface area contributed by atoms with Gasteiger partial charge in [-0.2, -0.15) is 0 Å². The van der Waals surface area contributed by atoms with E-state index in [9.17, 15) is 9.50 Å². The van der Waals surface area contributed by atoms with Crippen LogP contribution in [0.4, 0.5) is 4.39 Å². The Morgan fingerprint density at radius 1 is 1.28 bits per heavy atom. The van der Waals surface area contributed by atoms with Gasteiger partial charge < -0.3 is 10.4 Å². The molecule has 4 N–H and O–H groups in total. The van der Waals surface area contributed by atoms with Crippen LogP contribution in [0, 0.1) is 0 Å². The van der Waals surface area contributed by atoms with Crippen LogP contribution in [0.15, 0.2) is 71.6 Å². The van der Waals surface area contributed by atoms with Crippen molar-refractivity contribution < 1.29 is 9.50 Å². The predicted molar refractivity (Wildman–Crippen MR) is 127 cm³/mol. The third kappa shape index (κ3) is 8.13. The van der Waals surface area contributed by atoms with Gasteiger partial charge in [0.2, 0.25) is 0 Å². The molecule has 1 aromatic rings. The summed E-state index contributed by atoms with van der Waals surface area (Å²) < 4.78 is 13.8. The van der Waals surface area contributed by atoms with Crippen molar-refractivity contribution in [2.75, 3.05) is 13.6 Å². The fraction of sp³-hybridized carbons (Fsp3) is 0.261. The largest absolute Gasteiger partial charge is 0.508 e. The third-order valence-electron chi connectivity index (χ3n) is 4.03. The summed E-state index contributed by atoms with van der Waals surface area (Å²) in [7, 11) is 1.48. The summed E-state index contributed by atoms with van der Waals surface area (Å²) in [6.07, 6.45) is 5.16. The zero-order valence-corrected chi connectivity index (χ0v) is 18.4. The first kappa shape index (κ1) is 24.5. The normalized spacial score (nSPS) is 14.6. The summed E-state index contributed by atoms with van der Waals surface area (Å²) in [4.78, 5) is 5.80. The van der Waals surface area contributed by atoms with Gasteiger partial charge in [0.05, 0.1) is 5.71 Å². The standard InChI is InChI=1S/C23H30FN3OS/c1-8-16(3)29-18(5)20-11-19(12-21(28)13-20)17(4)27-14-15(2)9-10-22(26-7)23(6,24)25/h8-13,27-28H,2,4-5,14,25H2,1,3,6-7H3/b10-9-,16-8-,26-22?. The highest BCUT2D eigenvalue weighted by molar-refractivity contribution is 8.11. The second-order valence-electron chi connectivity index (χ2n) is 6.70. The third-order valence-corrected chi connectivity index (χ3v) is 5.07. The van der Waals surface area contributed by atoms with Gasteiger partial charge in [0.25, 0.3) is 0 Å². The maximum atomic E-state index is 13.8. The number of thioether (sulfide) groups is 1. The van der Waals surface area contributed by atoms with Gasteiger partial charge in [-0.1, -0.05) is 43.7 Å². The first-order valence-electron chi connectivity index (χ1n) is 9.06. The number of alkyl halides is 1. The number of nitrogens with two attached hydrogens (primary N) is 1. The van der Waals surface area contributed by atoms with Crippen LogP contribution in [0.5, 0.6) is 5.75 Å². The summed E-state index contributed by atoms with van der Waals surface area (Å²) in [5.74, 6) is -1.88. The molecule has 0 amide bonds. The molecule has 1 unspecified atom stereocenters. The molecule has 1 rings (SSSR count). The van der Waals surface area contributed by atoms with Crippen LogP contribution < -0.4 is 11.1 Å². The van der Waals surface area contributed by atoms with Gasteiger partial charge in [-0.05, 0) is 61.1 Å². The molecule has 0 aliphatic carbocycles. The van der Waals surface area contributed by atoms with E-state index in [1.54, 1.807) is 30.0 Å². The van der Waals surface area contributed by atoms with E-state index in [2.05, 4.69) is 30.0 Å². The molecule has 156 valence electrons. The fourth-order valence-electron chi connectivity index (χ4n) is 2.29. The van der Waals surface area contributed by atoms with Crippen LogP contribution in [-0.2, 0) is 0 Å². The number of nitrogens with zero attached hydrogens (tertiary/aromatic N) is 1. The van der Waals surface area contributed by atoms with E-state index in [1.165, 1.54) is 20.0 Å². The summed E-state index contributed by atoms with van der Waals surface area (Å²) >= 11 is 1.54. The molecule has 0 heterocycles. The maximum Gasteiger partial charge on any atom is 0.198 e. The molecule has 0 saturated carbocycles. The lowest BCUT2D eigenvalue weighted by Crippen LogP contribution is -2.38. The zero-order valence-electron chi connectivity index (χ0n) is 17.6. The van der Waals surface area contributed by atoms with E-state index in [-0.39, 0.29) is 11.5 Å². The summed E-state index contributed by atoms with van der Waals surface area (Å²) in [5, 5.41) is 13.2. The second-order valence-corrected chi connectivity index (χ2v) is 8.04. The molecular weight excluding hydrogens is 385 g/mol. The SMILES string of the molecule is C=C(/C=C\C(=NC)C(C)(N)F)CNC(=C)c1cc(O)cc(C(=C)S/C(C)=C\C)c1. The van der Waals surface area contributed by atoms with Gasteiger partial charge in [0.15, 0.2) is 5.79 Å². The van der Waals surface area contributed by atoms with Gasteiger partial charge >= 0.3 is 0 Å². The smallest absolute Gasteiger partial charge is 0.198 e. The number of benzene rings is 1. The lowest BCUT2D eigenvalue weighted by molar-refractivity contribution is 0.296. The Bertz CT molecular complexity index is 877. The number of aromatic hydroxyl groups is 1. The number of nitrogens with one attached hydrogen (secondary N) is 1. The Morgan fingerprint density at radius 3 is 2.45 bits per heavy atom. The maximum absolute atomic E-state index is 13.8. The Hall–Kier alpha value is -2.57. The first-order chi connectivity index (χ1) is 13.5. The van der Waals surface area contributed by atoms with Gasteiger partial charge in [0.1, 0.15) is 5.75 Å². The lowest BCUT2D eigenvalue weighted by Gasteiger charge is -2.15. The van der Waals surface area contributed by atoms with Gasteiger partial charge in [-0.15, -0.1) is 0 Å². The molecule has 29 heavy (non-hydrogen) atoms. The molecule has 0 spiro atoms. The average molecular weight is 416 g/mol. The Labute approximate surface area is 177 Å². The van der Waals surface area contributed by atoms with Crippen molar-refractivity contribution in [3.05, 3.63) is 77.8 Å². The Kier molecular flexibility index (Phi) is 9.14. The number of phenolic OH excluding ortho intramolecular Hbond substituents is 1. The van der Waals surface area contributed by atoms with E-state index in [4.69, 9.17) is 5.73 Å². The number of allylic oxidation sites excluding steroid dienone is 2. The van der Waals surface area contributed by atoms with Crippen LogP contribution >= 0.6 is 11.8 Å². The predicted octanol–water partition coefficient (Wildman–Crippen LogP) is 5.41. The summed E-state index contributed by atoms with van der Waals surface area (Å²) in [6.45, 7) is 17.6. The molecule has 0 radical (unpaired) electrons. The molecule has 0 aliphatic rings. The summed E-state index contributed by atoms with van der Waals surface area (Å²) in [6, 6.07) is 5.21. The van der Waals surface area contributed by atoms with Crippen LogP contribution in [0.1, 0.15) is 31.9 Å². The van der Waals surface area contributed by atoms with E-state index in [1.807, 2.05) is 26.0 Å². The molecule has 0 aliphatic heterocycles. The van der Waals surface area contributed by atoms with E-state index in [0.29, 0.717) is 17.8 Å². The number of rotatable bonds is 10. The van der Waals surface area contributed by atoms with Crippen LogP contribution in [0.3, 0.4) is 0 Å². The molecule has 4 nitrogen and oxygen atoms in total. The van der Waals surface area contributed by atoms with E-state index >= 15 is 0 Å². The molecule has 0 bridgehead atoms. The average Bonchev–Trinajstić information content (AvgIpc) is 2.64. The Morgan fingerprint density at radius 2 is 1.90 bits per heavy atom. The highest BCUT2D eigenvalue weighted by atomic mass is 32.2. The molecule has 1 atom stereocenters. The number of phenols is 1. The molecule has 6 heteroatoms. The van der Waals surface area contributed by atoms with Crippen molar-refractivity contribution in [3.63, 3.8) is 0 Å². The topological polar surface area (TPSA) is 70.6 Å². The van der Waals surface area contributed by atoms with Gasteiger partial charge in [-0.3, -0.25) is 10.7 Å². The molecule has 0 aromatic heterocycles. The van der Waals surface area contributed by atoms with Crippen molar-refractivity contribution in [2.45, 2.75) is 26.6 Å². The number of aliphatic imine (C=N–C) groups is 1. The quantitative estimate of drug-likeness (QED) is 0.272. The van der Waals surface area contributed by atoms with Crippen LogP contribution in [-0.4, -0.2) is 30.2 Å². The Balaban J connectivity index is 2.82. The van der Waals surface area contributed by atoms with Crippen molar-refractivity contribution >= 4 is 28.1 Å². The second kappa shape index (κ2) is 10.8. The van der Waals surface area contributed by atoms with Crippen molar-refractivity contribution in [2.24, 2.45) is 10.7 Å². The van der Waals surface area contributed by atoms with Gasteiger partial charge in [-0.25, -0.2) is 4.39 Å². The minimum Gasteiger partial charge on any atom is -0.508 e. The van der Waals surface area contributed by atoms with E-state index < -0.39 is 5.79 Å². The lowest BCUT2D eigenvalue weighted by atomic mass is 10.1. The van der Waals surface area contributed by atoms with Crippen molar-refractivity contribution in [1.29, 1.82) is 0 Å². The number of halogens is 1. The highest BCUT2D eigenvalue weighted by Gasteiger charge is 2.21. The molecular formula is C23H30FN3OS. The van der Waals surface area contributed by atoms with Crippen molar-refractivity contribution in [3.8, 4) is 5.75 Å². The monoisotopic (exact) mass is 415 g/mol. The number of hydrogen-bond acceptors (Lipinski definition) is 5. The van der Waals surface area contributed by atoms with Gasteiger partial charge in [0, 0.05) is 29.8 Å². The van der Waals surface area contributed by atoms with Crippen LogP contribution in [0.2, 0.25) is 0 Å².